The van der Waals surface area contributed by atoms with Crippen LogP contribution >= 0.6 is 0 Å². The van der Waals surface area contributed by atoms with Gasteiger partial charge in [0, 0.05) is 13.1 Å². The summed E-state index contributed by atoms with van der Waals surface area (Å²) in [4.78, 5) is 80.5. The Bertz CT molecular complexity index is 980. The van der Waals surface area contributed by atoms with E-state index >= 15 is 0 Å². The summed E-state index contributed by atoms with van der Waals surface area (Å²) in [6.07, 6.45) is 0.933. The Balaban J connectivity index is 5.28. The third-order valence-electron chi connectivity index (χ3n) is 5.55. The van der Waals surface area contributed by atoms with Crippen molar-refractivity contribution in [2.45, 2.75) is 76.5 Å². The minimum atomic E-state index is -1.29. The molecule has 0 bridgehead atoms. The van der Waals surface area contributed by atoms with E-state index in [1.165, 1.54) is 0 Å². The molecule has 15 N–H and O–H groups in total. The highest BCUT2D eigenvalue weighted by molar-refractivity contribution is 5.93. The van der Waals surface area contributed by atoms with Gasteiger partial charge in [0.15, 0.2) is 11.9 Å². The first-order valence-corrected chi connectivity index (χ1v) is 13.4. The normalized spacial score (nSPS) is 13.4. The van der Waals surface area contributed by atoms with Crippen LogP contribution in [0.2, 0.25) is 0 Å². The molecule has 0 rings (SSSR count). The third-order valence-corrected chi connectivity index (χ3v) is 5.55. The van der Waals surface area contributed by atoms with E-state index in [0.717, 1.165) is 0 Å². The van der Waals surface area contributed by atoms with Gasteiger partial charge >= 0.3 is 5.97 Å². The summed E-state index contributed by atoms with van der Waals surface area (Å²) in [5, 5.41) is 18.6. The van der Waals surface area contributed by atoms with Gasteiger partial charge in [0.05, 0.1) is 25.0 Å². The number of amides is 4. The molecule has 0 spiro atoms. The quantitative estimate of drug-likeness (QED) is 0.0259. The van der Waals surface area contributed by atoms with E-state index in [1.54, 1.807) is 13.8 Å². The zero-order chi connectivity index (χ0) is 32.2. The lowest BCUT2D eigenvalue weighted by molar-refractivity contribution is -0.139. The number of nitrogens with one attached hydrogen (secondary N) is 4. The predicted molar refractivity (Wildman–Crippen MR) is 154 cm³/mol. The fourth-order valence-corrected chi connectivity index (χ4v) is 3.55. The van der Waals surface area contributed by atoms with Gasteiger partial charge in [-0.05, 0) is 38.0 Å². The summed E-state index contributed by atoms with van der Waals surface area (Å²) in [7, 11) is 0. The van der Waals surface area contributed by atoms with Gasteiger partial charge in [0.2, 0.25) is 23.6 Å². The molecule has 4 amide bonds. The van der Waals surface area contributed by atoms with Crippen molar-refractivity contribution < 1.29 is 33.9 Å². The number of nitrogens with zero attached hydrogens (tertiary/aromatic N) is 2. The Kier molecular flexibility index (Phi) is 18.2. The monoisotopic (exact) mass is 599 g/mol. The Morgan fingerprint density at radius 3 is 1.88 bits per heavy atom. The second-order valence-electron chi connectivity index (χ2n) is 9.88. The number of carbonyl (C=O) groups excluding carboxylic acids is 5. The number of guanidine groups is 2. The van der Waals surface area contributed by atoms with Crippen LogP contribution in [0.3, 0.4) is 0 Å². The minimum Gasteiger partial charge on any atom is -0.481 e. The highest BCUT2D eigenvalue weighted by Crippen LogP contribution is 2.06. The van der Waals surface area contributed by atoms with E-state index < -0.39 is 66.7 Å². The van der Waals surface area contributed by atoms with E-state index in [1.807, 2.05) is 0 Å². The number of hydrogen-bond donors (Lipinski definition) is 10. The lowest BCUT2D eigenvalue weighted by Gasteiger charge is -2.23. The molecule has 18 heteroatoms. The number of carbonyl (C=O) groups is 6. The smallest absolute Gasteiger partial charge is 0.305 e. The second-order valence-corrected chi connectivity index (χ2v) is 9.88. The third kappa shape index (κ3) is 18.0. The van der Waals surface area contributed by atoms with Crippen molar-refractivity contribution in [3.63, 3.8) is 0 Å². The molecule has 0 aliphatic heterocycles. The van der Waals surface area contributed by atoms with Gasteiger partial charge in [-0.15, -0.1) is 0 Å². The molecule has 238 valence electrons. The van der Waals surface area contributed by atoms with Gasteiger partial charge in [-0.25, -0.2) is 0 Å². The number of hydrogen-bond acceptors (Lipinski definition) is 9. The zero-order valence-corrected chi connectivity index (χ0v) is 24.0. The van der Waals surface area contributed by atoms with Crippen LogP contribution in [0.4, 0.5) is 0 Å². The summed E-state index contributed by atoms with van der Waals surface area (Å²) in [5.41, 5.74) is 27.1. The molecule has 4 atom stereocenters. The minimum absolute atomic E-state index is 0.0571. The van der Waals surface area contributed by atoms with Gasteiger partial charge in [0.25, 0.3) is 0 Å². The van der Waals surface area contributed by atoms with Gasteiger partial charge in [-0.3, -0.25) is 34.0 Å². The number of rotatable bonds is 21. The molecule has 0 aliphatic rings. The van der Waals surface area contributed by atoms with Gasteiger partial charge in [-0.1, -0.05) is 13.8 Å². The van der Waals surface area contributed by atoms with E-state index in [9.17, 15) is 28.8 Å². The summed E-state index contributed by atoms with van der Waals surface area (Å²) >= 11 is 0. The van der Waals surface area contributed by atoms with Crippen LogP contribution < -0.4 is 49.9 Å². The SMILES string of the molecule is CC(C)C[C@H](NC(=O)CNC(=O)[C@H](CCCN=C(N)N)NC(=O)[C@@H](N)CCCN=C(N)N)C(=O)N[C@H](C=O)CC(=O)O. The Hall–Kier alpha value is -4.48. The molecule has 0 aromatic carbocycles. The van der Waals surface area contributed by atoms with Crippen molar-refractivity contribution in [3.8, 4) is 0 Å². The fourth-order valence-electron chi connectivity index (χ4n) is 3.55. The first-order chi connectivity index (χ1) is 19.7. The Labute approximate surface area is 244 Å². The average Bonchev–Trinajstić information content (AvgIpc) is 2.89. The molecule has 0 aromatic heterocycles. The van der Waals surface area contributed by atoms with Crippen molar-refractivity contribution in [2.75, 3.05) is 19.6 Å². The summed E-state index contributed by atoms with van der Waals surface area (Å²) in [6, 6.07) is -4.41. The number of carboxylic acids is 1. The van der Waals surface area contributed by atoms with E-state index in [4.69, 9.17) is 33.8 Å². The van der Waals surface area contributed by atoms with Crippen molar-refractivity contribution in [2.24, 2.45) is 44.6 Å². The van der Waals surface area contributed by atoms with Crippen LogP contribution in [0.1, 0.15) is 52.4 Å². The van der Waals surface area contributed by atoms with Crippen LogP contribution in [0.5, 0.6) is 0 Å². The number of aliphatic carboxylic acids is 1. The van der Waals surface area contributed by atoms with Gasteiger partial charge in [-0.2, -0.15) is 0 Å². The predicted octanol–water partition coefficient (Wildman–Crippen LogP) is -4.29. The summed E-state index contributed by atoms with van der Waals surface area (Å²) in [5.74, 6) is -4.35. The average molecular weight is 600 g/mol. The van der Waals surface area contributed by atoms with Crippen LogP contribution in [0.25, 0.3) is 0 Å². The van der Waals surface area contributed by atoms with E-state index in [2.05, 4.69) is 31.3 Å². The number of carboxylic acid groups (broad SMARTS) is 1. The first kappa shape index (κ1) is 37.5. The van der Waals surface area contributed by atoms with Crippen LogP contribution in [0, 0.1) is 5.92 Å². The first-order valence-electron chi connectivity index (χ1n) is 13.4. The highest BCUT2D eigenvalue weighted by Gasteiger charge is 2.27. The van der Waals surface area contributed by atoms with Crippen LogP contribution in [-0.2, 0) is 28.8 Å². The van der Waals surface area contributed by atoms with E-state index in [0.29, 0.717) is 12.8 Å². The van der Waals surface area contributed by atoms with Crippen molar-refractivity contribution in [3.05, 3.63) is 0 Å². The van der Waals surface area contributed by atoms with Crippen molar-refractivity contribution in [1.82, 2.24) is 21.3 Å². The lowest BCUT2D eigenvalue weighted by Crippen LogP contribution is -2.55. The maximum Gasteiger partial charge on any atom is 0.305 e. The van der Waals surface area contributed by atoms with Crippen LogP contribution in [-0.4, -0.2) is 96.7 Å². The number of aliphatic imine (C=N–C) groups is 2. The molecule has 0 saturated heterocycles. The number of nitrogens with two attached hydrogens (primary N) is 5. The molecule has 0 aromatic rings. The largest absolute Gasteiger partial charge is 0.481 e. The van der Waals surface area contributed by atoms with Crippen molar-refractivity contribution in [1.29, 1.82) is 0 Å². The molecule has 0 fully saturated rings. The topological polar surface area (TPSA) is 326 Å². The summed E-state index contributed by atoms with van der Waals surface area (Å²) < 4.78 is 0. The van der Waals surface area contributed by atoms with E-state index in [-0.39, 0.29) is 56.5 Å². The molecule has 0 unspecified atom stereocenters. The fraction of sp³-hybridized carbons (Fsp3) is 0.667. The second kappa shape index (κ2) is 20.4. The Morgan fingerprint density at radius 1 is 0.810 bits per heavy atom. The van der Waals surface area contributed by atoms with Crippen molar-refractivity contribution >= 4 is 47.8 Å². The Morgan fingerprint density at radius 2 is 1.38 bits per heavy atom. The molecule has 18 nitrogen and oxygen atoms in total. The van der Waals surface area contributed by atoms with Gasteiger partial charge < -0.3 is 59.8 Å². The highest BCUT2D eigenvalue weighted by atomic mass is 16.4. The maximum atomic E-state index is 12.9. The summed E-state index contributed by atoms with van der Waals surface area (Å²) in [6.45, 7) is 3.50. The standard InChI is InChI=1S/C24H45N11O7/c1-13(2)9-17(22(42)33-14(12-36)10-19(38)39)34-18(37)11-32-21(41)16(6-4-8-31-24(28)29)35-20(40)15(25)5-3-7-30-23(26)27/h12-17H,3-11,25H2,1-2H3,(H,32,41)(H,33,42)(H,34,37)(H,35,40)(H,38,39)(H4,26,27,30)(H4,28,29,31)/t14-,15-,16-,17-/m0/s1. The van der Waals surface area contributed by atoms with Crippen LogP contribution in [0.15, 0.2) is 9.98 Å². The molecule has 0 radical (unpaired) electrons. The molecule has 42 heavy (non-hydrogen) atoms. The molecular formula is C24H45N11O7. The van der Waals surface area contributed by atoms with Gasteiger partial charge in [0.1, 0.15) is 18.4 Å². The molecule has 0 aliphatic carbocycles. The molecular weight excluding hydrogens is 554 g/mol. The lowest BCUT2D eigenvalue weighted by atomic mass is 10.0. The maximum absolute atomic E-state index is 12.9. The molecule has 0 saturated carbocycles. The molecule has 0 heterocycles. The zero-order valence-electron chi connectivity index (χ0n) is 24.0. The number of aldehydes is 1.